The van der Waals surface area contributed by atoms with Crippen LogP contribution in [-0.2, 0) is 0 Å². The van der Waals surface area contributed by atoms with Gasteiger partial charge in [-0.25, -0.2) is 4.39 Å². The Kier molecular flexibility index (Phi) is 3.24. The first-order chi connectivity index (χ1) is 7.27. The maximum atomic E-state index is 13.3. The number of allylic oxidation sites excluding steroid dienone is 1. The molecule has 1 nitrogen and oxygen atoms in total. The monoisotopic (exact) mass is 249 g/mol. The van der Waals surface area contributed by atoms with Crippen LogP contribution in [0.1, 0.15) is 11.1 Å². The lowest BCUT2D eigenvalue weighted by Gasteiger charge is -2.11. The molecule has 84 valence electrons. The van der Waals surface area contributed by atoms with Gasteiger partial charge in [0.2, 0.25) is 0 Å². The predicted molar refractivity (Wildman–Crippen MR) is 51.2 cm³/mol. The first-order valence-electron chi connectivity index (χ1n) is 3.93. The molecule has 0 radical (unpaired) electrons. The average Bonchev–Trinajstić information content (AvgIpc) is 2.19. The summed E-state index contributed by atoms with van der Waals surface area (Å²) < 4.78 is 50.2. The molecule has 1 aromatic rings. The number of halogens is 5. The first-order valence-corrected chi connectivity index (χ1v) is 4.30. The van der Waals surface area contributed by atoms with Crippen LogP contribution in [0.3, 0.4) is 0 Å². The number of nitriles is 1. The topological polar surface area (TPSA) is 23.8 Å². The summed E-state index contributed by atoms with van der Waals surface area (Å²) >= 11 is 5.36. The minimum atomic E-state index is -4.77. The van der Waals surface area contributed by atoms with Gasteiger partial charge < -0.3 is 0 Å². The average molecular weight is 250 g/mol. The largest absolute Gasteiger partial charge is 0.416 e. The number of hydrogen-bond acceptors (Lipinski definition) is 1. The molecule has 1 aromatic carbocycles. The molecule has 0 N–H and O–H groups in total. The molecule has 0 aliphatic rings. The summed E-state index contributed by atoms with van der Waals surface area (Å²) in [5.74, 6) is -1.23. The predicted octanol–water partition coefficient (Wildman–Crippen LogP) is 3.93. The van der Waals surface area contributed by atoms with Crippen LogP contribution in [0.25, 0.3) is 5.57 Å². The second-order valence-corrected chi connectivity index (χ2v) is 3.31. The minimum Gasteiger partial charge on any atom is -0.205 e. The van der Waals surface area contributed by atoms with Gasteiger partial charge in [0.05, 0.1) is 22.2 Å². The Labute approximate surface area is 93.6 Å². The Bertz CT molecular complexity index is 485. The van der Waals surface area contributed by atoms with Crippen molar-refractivity contribution < 1.29 is 17.6 Å². The molecule has 0 unspecified atom stereocenters. The zero-order chi connectivity index (χ0) is 12.5. The maximum absolute atomic E-state index is 13.3. The normalized spacial score (nSPS) is 11.0. The molecule has 0 saturated heterocycles. The van der Waals surface area contributed by atoms with Crippen molar-refractivity contribution in [1.82, 2.24) is 0 Å². The van der Waals surface area contributed by atoms with Crippen LogP contribution in [0.4, 0.5) is 17.6 Å². The zero-order valence-corrected chi connectivity index (χ0v) is 8.45. The molecular weight excluding hydrogens is 246 g/mol. The number of hydrogen-bond donors (Lipinski definition) is 0. The molecule has 0 spiro atoms. The Morgan fingerprint density at radius 2 is 1.94 bits per heavy atom. The molecule has 0 heterocycles. The quantitative estimate of drug-likeness (QED) is 0.692. The van der Waals surface area contributed by atoms with Crippen LogP contribution in [0.5, 0.6) is 0 Å². The van der Waals surface area contributed by atoms with E-state index in [9.17, 15) is 17.6 Å². The molecule has 6 heteroatoms. The van der Waals surface area contributed by atoms with Gasteiger partial charge in [0.25, 0.3) is 0 Å². The molecule has 1 rings (SSSR count). The number of nitrogens with zero attached hydrogens (tertiary/aromatic N) is 1. The highest BCUT2D eigenvalue weighted by atomic mass is 35.5. The highest BCUT2D eigenvalue weighted by molar-refractivity contribution is 6.31. The Morgan fingerprint density at radius 3 is 2.38 bits per heavy atom. The van der Waals surface area contributed by atoms with Crippen LogP contribution < -0.4 is 0 Å². The summed E-state index contributed by atoms with van der Waals surface area (Å²) in [4.78, 5) is 0. The van der Waals surface area contributed by atoms with E-state index < -0.39 is 28.2 Å². The van der Waals surface area contributed by atoms with Gasteiger partial charge in [0, 0.05) is 5.56 Å². The Balaban J connectivity index is 3.40. The van der Waals surface area contributed by atoms with Crippen LogP contribution in [0.15, 0.2) is 18.7 Å². The second-order valence-electron chi connectivity index (χ2n) is 2.91. The molecule has 0 aliphatic heterocycles. The van der Waals surface area contributed by atoms with Crippen molar-refractivity contribution in [3.8, 4) is 6.07 Å². The molecule has 0 saturated carbocycles. The van der Waals surface area contributed by atoms with E-state index in [1.165, 1.54) is 0 Å². The lowest BCUT2D eigenvalue weighted by atomic mass is 10.0. The van der Waals surface area contributed by atoms with Crippen molar-refractivity contribution in [3.63, 3.8) is 0 Å². The van der Waals surface area contributed by atoms with Crippen molar-refractivity contribution in [2.75, 3.05) is 0 Å². The van der Waals surface area contributed by atoms with Gasteiger partial charge in [-0.3, -0.25) is 0 Å². The summed E-state index contributed by atoms with van der Waals surface area (Å²) in [7, 11) is 0. The van der Waals surface area contributed by atoms with Crippen molar-refractivity contribution in [3.05, 3.63) is 40.7 Å². The lowest BCUT2D eigenvalue weighted by molar-refractivity contribution is -0.0688. The number of benzene rings is 1. The fourth-order valence-corrected chi connectivity index (χ4v) is 1.25. The SMILES string of the molecule is C=C(c1cc(C#N)cc(Cl)c1F)C(F)(F)F. The van der Waals surface area contributed by atoms with Gasteiger partial charge in [-0.1, -0.05) is 18.2 Å². The van der Waals surface area contributed by atoms with Gasteiger partial charge in [-0.05, 0) is 12.1 Å². The number of rotatable bonds is 1. The third-order valence-electron chi connectivity index (χ3n) is 1.82. The van der Waals surface area contributed by atoms with E-state index in [-0.39, 0.29) is 5.56 Å². The summed E-state index contributed by atoms with van der Waals surface area (Å²) in [6.07, 6.45) is -4.77. The number of alkyl halides is 3. The summed E-state index contributed by atoms with van der Waals surface area (Å²) in [5, 5.41) is 7.98. The van der Waals surface area contributed by atoms with Crippen LogP contribution in [0.2, 0.25) is 5.02 Å². The van der Waals surface area contributed by atoms with E-state index in [4.69, 9.17) is 16.9 Å². The molecular formula is C10H4ClF4N. The standard InChI is InChI=1S/C10H4ClF4N/c1-5(10(13,14)15)7-2-6(4-16)3-8(11)9(7)12/h2-3H,1H2. The fourth-order valence-electron chi connectivity index (χ4n) is 1.03. The van der Waals surface area contributed by atoms with Crippen molar-refractivity contribution in [1.29, 1.82) is 5.26 Å². The third kappa shape index (κ3) is 2.34. The van der Waals surface area contributed by atoms with Crippen LogP contribution in [-0.4, -0.2) is 6.18 Å². The molecule has 16 heavy (non-hydrogen) atoms. The summed E-state index contributed by atoms with van der Waals surface area (Å²) in [6, 6.07) is 3.29. The Hall–Kier alpha value is -1.54. The highest BCUT2D eigenvalue weighted by Gasteiger charge is 2.35. The molecule has 0 aromatic heterocycles. The van der Waals surface area contributed by atoms with E-state index in [2.05, 4.69) is 6.58 Å². The molecule has 0 bridgehead atoms. The van der Waals surface area contributed by atoms with E-state index in [0.717, 1.165) is 12.1 Å². The molecule has 0 amide bonds. The Morgan fingerprint density at radius 1 is 1.38 bits per heavy atom. The van der Waals surface area contributed by atoms with Gasteiger partial charge in [-0.15, -0.1) is 0 Å². The second kappa shape index (κ2) is 4.14. The molecule has 0 fully saturated rings. The van der Waals surface area contributed by atoms with E-state index in [1.807, 2.05) is 0 Å². The van der Waals surface area contributed by atoms with E-state index >= 15 is 0 Å². The fraction of sp³-hybridized carbons (Fsp3) is 0.100. The zero-order valence-electron chi connectivity index (χ0n) is 7.70. The molecule has 0 aliphatic carbocycles. The van der Waals surface area contributed by atoms with Crippen molar-refractivity contribution in [2.24, 2.45) is 0 Å². The third-order valence-corrected chi connectivity index (χ3v) is 2.10. The van der Waals surface area contributed by atoms with Gasteiger partial charge >= 0.3 is 6.18 Å². The van der Waals surface area contributed by atoms with Gasteiger partial charge in [0.1, 0.15) is 5.82 Å². The van der Waals surface area contributed by atoms with Gasteiger partial charge in [-0.2, -0.15) is 18.4 Å². The summed E-state index contributed by atoms with van der Waals surface area (Å²) in [5.41, 5.74) is -2.34. The van der Waals surface area contributed by atoms with Crippen molar-refractivity contribution >= 4 is 17.2 Å². The first kappa shape index (κ1) is 12.5. The minimum absolute atomic E-state index is 0.160. The maximum Gasteiger partial charge on any atom is 0.416 e. The van der Waals surface area contributed by atoms with E-state index in [0.29, 0.717) is 0 Å². The summed E-state index contributed by atoms with van der Waals surface area (Å²) in [6.45, 7) is 2.74. The van der Waals surface area contributed by atoms with Gasteiger partial charge in [0.15, 0.2) is 0 Å². The lowest BCUT2D eigenvalue weighted by Crippen LogP contribution is -2.11. The van der Waals surface area contributed by atoms with Crippen molar-refractivity contribution in [2.45, 2.75) is 6.18 Å². The highest BCUT2D eigenvalue weighted by Crippen LogP contribution is 2.35. The van der Waals surface area contributed by atoms with Crippen LogP contribution in [0, 0.1) is 17.1 Å². The van der Waals surface area contributed by atoms with Crippen LogP contribution >= 0.6 is 11.6 Å². The smallest absolute Gasteiger partial charge is 0.205 e. The molecule has 0 atom stereocenters. The van der Waals surface area contributed by atoms with E-state index in [1.54, 1.807) is 6.07 Å².